The normalized spacial score (nSPS) is 24.7. The van der Waals surface area contributed by atoms with Crippen molar-refractivity contribution in [3.63, 3.8) is 0 Å². The summed E-state index contributed by atoms with van der Waals surface area (Å²) in [4.78, 5) is 48.3. The van der Waals surface area contributed by atoms with E-state index in [1.54, 1.807) is 5.38 Å². The highest BCUT2D eigenvalue weighted by atomic mass is 32.2. The summed E-state index contributed by atoms with van der Waals surface area (Å²) < 4.78 is 0.785. The summed E-state index contributed by atoms with van der Waals surface area (Å²) in [7, 11) is 3.46. The number of likely N-dealkylation sites (N-methyl/N-ethyl adjacent to an activating group) is 1. The summed E-state index contributed by atoms with van der Waals surface area (Å²) in [6, 6.07) is -0.866. The number of aromatic nitrogens is 1. The zero-order valence-electron chi connectivity index (χ0n) is 19.2. The molecule has 1 aromatic heterocycles. The van der Waals surface area contributed by atoms with Gasteiger partial charge in [-0.1, -0.05) is 5.16 Å². The highest BCUT2D eigenvalue weighted by Crippen LogP contribution is 2.41. The summed E-state index contributed by atoms with van der Waals surface area (Å²) in [6.07, 6.45) is 4.64. The second-order valence-corrected chi connectivity index (χ2v) is 10.9. The van der Waals surface area contributed by atoms with Crippen LogP contribution in [0, 0.1) is 0 Å². The van der Waals surface area contributed by atoms with E-state index in [0.29, 0.717) is 12.3 Å². The van der Waals surface area contributed by atoms with E-state index in [4.69, 9.17) is 10.6 Å². The molecule has 0 bridgehead atoms. The fourth-order valence-corrected chi connectivity index (χ4v) is 6.66. The number of nitrogens with two attached hydrogens (primary N) is 1. The van der Waals surface area contributed by atoms with E-state index < -0.39 is 29.2 Å². The lowest BCUT2D eigenvalue weighted by Gasteiger charge is -2.50. The lowest BCUT2D eigenvalue weighted by Crippen LogP contribution is -2.71. The summed E-state index contributed by atoms with van der Waals surface area (Å²) in [5.74, 6) is -1.70. The molecule has 0 aromatic carbocycles. The maximum atomic E-state index is 13.0. The fraction of sp³-hybridized carbons (Fsp3) is 0.571. The van der Waals surface area contributed by atoms with Crippen molar-refractivity contribution in [2.45, 2.75) is 37.1 Å². The number of carboxylic acids is 1. The number of carbonyl (C=O) groups excluding carboxylic acids is 2. The van der Waals surface area contributed by atoms with Crippen LogP contribution in [0.4, 0.5) is 5.13 Å². The number of rotatable bonds is 7. The molecule has 2 atom stereocenters. The van der Waals surface area contributed by atoms with Gasteiger partial charge in [0, 0.05) is 16.7 Å². The van der Waals surface area contributed by atoms with Gasteiger partial charge in [0.1, 0.15) is 36.5 Å². The smallest absolute Gasteiger partial charge is 0.352 e. The number of likely N-dealkylation sites (tertiary alicyclic amines) is 1. The van der Waals surface area contributed by atoms with Gasteiger partial charge in [0.25, 0.3) is 11.8 Å². The van der Waals surface area contributed by atoms with Crippen LogP contribution in [0.2, 0.25) is 0 Å². The number of fused-ring (bicyclic) bond motifs is 1. The van der Waals surface area contributed by atoms with Gasteiger partial charge < -0.3 is 25.5 Å². The minimum atomic E-state index is -1.11. The molecule has 3 aliphatic rings. The van der Waals surface area contributed by atoms with E-state index in [1.165, 1.54) is 36.6 Å². The number of nitrogens with zero attached hydrogens (tertiary/aromatic N) is 4. The summed E-state index contributed by atoms with van der Waals surface area (Å²) in [6.45, 7) is 2.61. The van der Waals surface area contributed by atoms with Gasteiger partial charge in [0.15, 0.2) is 10.8 Å². The number of hydrogen-bond donors (Lipinski definition) is 3. The van der Waals surface area contributed by atoms with E-state index in [1.807, 2.05) is 0 Å². The van der Waals surface area contributed by atoms with Crippen LogP contribution in [0.15, 0.2) is 21.8 Å². The Hall–Kier alpha value is -2.64. The van der Waals surface area contributed by atoms with Gasteiger partial charge in [-0.2, -0.15) is 0 Å². The number of thiazole rings is 1. The number of thioether (sulfide) groups is 1. The molecule has 0 aliphatic carbocycles. The average molecular weight is 510 g/mol. The number of quaternary nitrogens is 1. The van der Waals surface area contributed by atoms with Crippen LogP contribution in [0.25, 0.3) is 0 Å². The van der Waals surface area contributed by atoms with Crippen molar-refractivity contribution in [2.75, 3.05) is 45.3 Å². The first-order valence-electron chi connectivity index (χ1n) is 11.1. The van der Waals surface area contributed by atoms with E-state index in [0.717, 1.165) is 47.3 Å². The number of carboxylic acid groups (broad SMARTS) is 1. The molecular weight excluding hydrogens is 480 g/mol. The zero-order chi connectivity index (χ0) is 24.5. The number of hydrogen-bond acceptors (Lipinski definition) is 9. The summed E-state index contributed by atoms with van der Waals surface area (Å²) in [5.41, 5.74) is 6.63. The minimum Gasteiger partial charge on any atom is -0.477 e. The van der Waals surface area contributed by atoms with Crippen LogP contribution in [-0.4, -0.2) is 93.9 Å². The van der Waals surface area contributed by atoms with Crippen molar-refractivity contribution in [3.8, 4) is 0 Å². The molecule has 13 heteroatoms. The van der Waals surface area contributed by atoms with Gasteiger partial charge in [0.05, 0.1) is 20.1 Å². The summed E-state index contributed by atoms with van der Waals surface area (Å²) in [5, 5.41) is 17.7. The maximum Gasteiger partial charge on any atom is 0.352 e. The van der Waals surface area contributed by atoms with E-state index in [2.05, 4.69) is 22.5 Å². The maximum absolute atomic E-state index is 13.0. The number of nitrogens with one attached hydrogen (secondary N) is 1. The van der Waals surface area contributed by atoms with Crippen molar-refractivity contribution >= 4 is 51.7 Å². The van der Waals surface area contributed by atoms with Crippen molar-refractivity contribution in [2.24, 2.45) is 5.16 Å². The minimum absolute atomic E-state index is 0.0564. The van der Waals surface area contributed by atoms with Gasteiger partial charge in [-0.15, -0.1) is 23.1 Å². The van der Waals surface area contributed by atoms with Crippen LogP contribution >= 0.6 is 23.1 Å². The Labute approximate surface area is 205 Å². The molecule has 4 heterocycles. The van der Waals surface area contributed by atoms with E-state index in [-0.39, 0.29) is 22.2 Å². The van der Waals surface area contributed by atoms with E-state index in [9.17, 15) is 19.5 Å². The molecule has 1 unspecified atom stereocenters. The lowest BCUT2D eigenvalue weighted by molar-refractivity contribution is -0.904. The zero-order valence-corrected chi connectivity index (χ0v) is 20.8. The molecule has 0 saturated carbocycles. The average Bonchev–Trinajstić information content (AvgIpc) is 3.11. The van der Waals surface area contributed by atoms with Crippen LogP contribution in [-0.2, 0) is 19.2 Å². The van der Waals surface area contributed by atoms with Crippen molar-refractivity contribution < 1.29 is 28.8 Å². The number of anilines is 1. The highest BCUT2D eigenvalue weighted by Gasteiger charge is 2.55. The lowest BCUT2D eigenvalue weighted by atomic mass is 10.0. The summed E-state index contributed by atoms with van der Waals surface area (Å²) >= 11 is 2.62. The third-order valence-corrected chi connectivity index (χ3v) is 8.43. The number of nitrogen functional groups attached to an aromatic ring is 1. The number of carbonyl (C=O) groups is 3. The van der Waals surface area contributed by atoms with Gasteiger partial charge in [-0.3, -0.25) is 14.5 Å². The molecule has 0 radical (unpaired) electrons. The number of aliphatic carboxylic acids is 1. The first kappa shape index (κ1) is 24.5. The van der Waals surface area contributed by atoms with Gasteiger partial charge in [-0.25, -0.2) is 9.78 Å². The van der Waals surface area contributed by atoms with Crippen LogP contribution < -0.4 is 11.1 Å². The molecule has 4 N–H and O–H groups in total. The highest BCUT2D eigenvalue weighted by molar-refractivity contribution is 8.00. The largest absolute Gasteiger partial charge is 0.477 e. The van der Waals surface area contributed by atoms with Crippen LogP contribution in [0.3, 0.4) is 0 Å². The molecule has 3 aliphatic heterocycles. The Balaban J connectivity index is 1.51. The molecule has 2 saturated heterocycles. The second-order valence-electron chi connectivity index (χ2n) is 8.95. The predicted molar refractivity (Wildman–Crippen MR) is 129 cm³/mol. The van der Waals surface area contributed by atoms with Crippen molar-refractivity contribution in [1.82, 2.24) is 15.2 Å². The SMILES string of the molecule is CO/N=C(\C(=O)NC1C(=O)N2C(C(=O)O)=C(C[N+]3(C)CCCCCC3)CS[C@H]12)c1csc(N)n1. The predicted octanol–water partition coefficient (Wildman–Crippen LogP) is 0.835. The third-order valence-electron chi connectivity index (χ3n) is 6.42. The molecule has 2 amide bonds. The van der Waals surface area contributed by atoms with Gasteiger partial charge in [-0.05, 0) is 25.7 Å². The van der Waals surface area contributed by atoms with E-state index >= 15 is 0 Å². The molecule has 2 fully saturated rings. The first-order valence-corrected chi connectivity index (χ1v) is 13.0. The third kappa shape index (κ3) is 4.77. The Morgan fingerprint density at radius 2 is 2.06 bits per heavy atom. The Bertz CT molecular complexity index is 1050. The Kier molecular flexibility index (Phi) is 7.14. The van der Waals surface area contributed by atoms with Crippen LogP contribution in [0.1, 0.15) is 31.4 Å². The number of β-lactam (4-membered cyclic amide) rings is 1. The van der Waals surface area contributed by atoms with Crippen molar-refractivity contribution in [1.29, 1.82) is 0 Å². The fourth-order valence-electron chi connectivity index (χ4n) is 4.78. The van der Waals surface area contributed by atoms with Crippen molar-refractivity contribution in [3.05, 3.63) is 22.3 Å². The quantitative estimate of drug-likeness (QED) is 0.212. The topological polar surface area (TPSA) is 147 Å². The molecule has 1 aromatic rings. The van der Waals surface area contributed by atoms with Gasteiger partial charge >= 0.3 is 5.97 Å². The molecule has 4 rings (SSSR count). The molecule has 34 heavy (non-hydrogen) atoms. The standard InChI is InChI=1S/C21H28N6O5S2/c1-27(7-5-3-4-6-8-27)9-12-10-33-19-15(18(29)26(19)16(12)20(30)31)24-17(28)14(25-32-2)13-11-34-21(22)23-13/h11,15,19H,3-10H2,1-2H3,(H3-,22,23,24,28,30,31)/p+1/b25-14-/t15?,19-/m1/s1. The first-order chi connectivity index (χ1) is 16.2. The van der Waals surface area contributed by atoms with Crippen LogP contribution in [0.5, 0.6) is 0 Å². The molecule has 11 nitrogen and oxygen atoms in total. The Morgan fingerprint density at radius 1 is 1.35 bits per heavy atom. The molecule has 184 valence electrons. The molecule has 0 spiro atoms. The second kappa shape index (κ2) is 9.92. The number of oxime groups is 1. The van der Waals surface area contributed by atoms with Gasteiger partial charge in [0.2, 0.25) is 0 Å². The Morgan fingerprint density at radius 3 is 2.65 bits per heavy atom. The number of amides is 2. The monoisotopic (exact) mass is 509 g/mol. The molecular formula is C21H29N6O5S2+.